The van der Waals surface area contributed by atoms with E-state index in [-0.39, 0.29) is 6.61 Å². The fraction of sp³-hybridized carbons (Fsp3) is 0.474. The van der Waals surface area contributed by atoms with Crippen LogP contribution >= 0.6 is 0 Å². The van der Waals surface area contributed by atoms with Crippen LogP contribution < -0.4 is 4.74 Å². The average molecular weight is 329 g/mol. The first-order chi connectivity index (χ1) is 11.6. The molecule has 1 heterocycles. The summed E-state index contributed by atoms with van der Waals surface area (Å²) in [6, 6.07) is 7.99. The second-order valence-corrected chi connectivity index (χ2v) is 6.54. The maximum atomic E-state index is 12.6. The van der Waals surface area contributed by atoms with Crippen LogP contribution in [-0.4, -0.2) is 21.4 Å². The van der Waals surface area contributed by atoms with Gasteiger partial charge >= 0.3 is 0 Å². The first-order valence-corrected chi connectivity index (χ1v) is 8.60. The molecular formula is C19H24FN3O. The van der Waals surface area contributed by atoms with Gasteiger partial charge in [-0.25, -0.2) is 14.1 Å². The third-order valence-electron chi connectivity index (χ3n) is 4.23. The molecule has 0 spiro atoms. The Labute approximate surface area is 142 Å². The lowest BCUT2D eigenvalue weighted by Gasteiger charge is -2.08. The van der Waals surface area contributed by atoms with Crippen molar-refractivity contribution in [1.82, 2.24) is 14.8 Å². The molecule has 4 nitrogen and oxygen atoms in total. The molecule has 5 heteroatoms. The first kappa shape index (κ1) is 16.7. The molecule has 0 aliphatic heterocycles. The van der Waals surface area contributed by atoms with Gasteiger partial charge in [0.05, 0.1) is 6.33 Å². The molecular weight excluding hydrogens is 305 g/mol. The number of hydrogen-bond donors (Lipinski definition) is 0. The summed E-state index contributed by atoms with van der Waals surface area (Å²) in [6.07, 6.45) is 3.68. The molecule has 1 aliphatic carbocycles. The molecule has 3 rings (SSSR count). The molecule has 1 saturated carbocycles. The Morgan fingerprint density at radius 1 is 1.33 bits per heavy atom. The van der Waals surface area contributed by atoms with Crippen LogP contribution in [0.15, 0.2) is 36.2 Å². The van der Waals surface area contributed by atoms with E-state index in [0.29, 0.717) is 30.3 Å². The van der Waals surface area contributed by atoms with Crippen LogP contribution in [0.5, 0.6) is 5.75 Å². The summed E-state index contributed by atoms with van der Waals surface area (Å²) in [7, 11) is 0. The molecule has 0 unspecified atom stereocenters. The molecule has 1 aromatic carbocycles. The number of ether oxygens (including phenoxy) is 1. The third-order valence-corrected chi connectivity index (χ3v) is 4.23. The molecule has 1 aliphatic rings. The maximum absolute atomic E-state index is 12.6. The normalized spacial score (nSPS) is 15.1. The fourth-order valence-electron chi connectivity index (χ4n) is 2.54. The van der Waals surface area contributed by atoms with Crippen molar-refractivity contribution in [3.8, 4) is 17.1 Å². The summed E-state index contributed by atoms with van der Waals surface area (Å²) in [5, 5.41) is 4.68. The van der Waals surface area contributed by atoms with Crippen LogP contribution in [0.2, 0.25) is 0 Å². The molecule has 0 atom stereocenters. The Kier molecular flexibility index (Phi) is 4.97. The highest BCUT2D eigenvalue weighted by atomic mass is 19.1. The number of rotatable bonds is 7. The van der Waals surface area contributed by atoms with Crippen molar-refractivity contribution in [2.45, 2.75) is 52.0 Å². The molecule has 1 aromatic heterocycles. The van der Waals surface area contributed by atoms with Crippen LogP contribution in [-0.2, 0) is 0 Å². The lowest BCUT2D eigenvalue weighted by molar-refractivity contribution is 0.345. The quantitative estimate of drug-likeness (QED) is 0.714. The van der Waals surface area contributed by atoms with Gasteiger partial charge in [-0.05, 0) is 62.9 Å². The lowest BCUT2D eigenvalue weighted by Crippen LogP contribution is -2.07. The van der Waals surface area contributed by atoms with Gasteiger partial charge in [0.1, 0.15) is 18.2 Å². The van der Waals surface area contributed by atoms with Crippen LogP contribution in [0.4, 0.5) is 4.39 Å². The monoisotopic (exact) mass is 329 g/mol. The minimum absolute atomic E-state index is 0.276. The summed E-state index contributed by atoms with van der Waals surface area (Å²) < 4.78 is 20.2. The standard InChI is InChI=1S/C19H24FN3O/c1-4-14(11-20)12-24-17-9-7-15(8-10-17)18-21-19(16-5-6-16)23(22-18)13(2)3/h7-11,13,16H,4-6,12H2,1-3H3/b14-11+. The topological polar surface area (TPSA) is 39.9 Å². The van der Waals surface area contributed by atoms with E-state index in [9.17, 15) is 4.39 Å². The molecule has 0 bridgehead atoms. The van der Waals surface area contributed by atoms with Gasteiger partial charge in [-0.2, -0.15) is 5.10 Å². The van der Waals surface area contributed by atoms with Crippen molar-refractivity contribution >= 4 is 0 Å². The largest absolute Gasteiger partial charge is 0.489 e. The Hall–Kier alpha value is -2.17. The minimum Gasteiger partial charge on any atom is -0.489 e. The Bertz CT molecular complexity index is 695. The van der Waals surface area contributed by atoms with Gasteiger partial charge < -0.3 is 4.74 Å². The third kappa shape index (κ3) is 3.66. The van der Waals surface area contributed by atoms with Crippen molar-refractivity contribution in [1.29, 1.82) is 0 Å². The number of nitrogens with zero attached hydrogens (tertiary/aromatic N) is 3. The summed E-state index contributed by atoms with van der Waals surface area (Å²) in [6.45, 7) is 6.44. The van der Waals surface area contributed by atoms with Gasteiger partial charge in [0.2, 0.25) is 0 Å². The molecule has 0 amide bonds. The van der Waals surface area contributed by atoms with E-state index in [1.165, 1.54) is 12.8 Å². The number of halogens is 1. The minimum atomic E-state index is 0.276. The zero-order valence-corrected chi connectivity index (χ0v) is 14.5. The molecule has 0 saturated heterocycles. The zero-order chi connectivity index (χ0) is 17.1. The van der Waals surface area contributed by atoms with Gasteiger partial charge in [-0.1, -0.05) is 6.92 Å². The van der Waals surface area contributed by atoms with Crippen molar-refractivity contribution in [2.24, 2.45) is 0 Å². The first-order valence-electron chi connectivity index (χ1n) is 8.60. The lowest BCUT2D eigenvalue weighted by atomic mass is 10.2. The van der Waals surface area contributed by atoms with Crippen molar-refractivity contribution in [2.75, 3.05) is 6.61 Å². The smallest absolute Gasteiger partial charge is 0.181 e. The number of benzene rings is 1. The predicted octanol–water partition coefficient (Wildman–Crippen LogP) is 5.05. The number of hydrogen-bond acceptors (Lipinski definition) is 3. The molecule has 2 aromatic rings. The fourth-order valence-corrected chi connectivity index (χ4v) is 2.54. The zero-order valence-electron chi connectivity index (χ0n) is 14.5. The average Bonchev–Trinajstić information content (AvgIpc) is 3.34. The molecule has 1 fully saturated rings. The van der Waals surface area contributed by atoms with E-state index < -0.39 is 0 Å². The Morgan fingerprint density at radius 3 is 2.58 bits per heavy atom. The van der Waals surface area contributed by atoms with Crippen LogP contribution in [0.1, 0.15) is 57.8 Å². The summed E-state index contributed by atoms with van der Waals surface area (Å²) in [5.41, 5.74) is 1.62. The van der Waals surface area contributed by atoms with Gasteiger partial charge in [0.15, 0.2) is 5.82 Å². The Balaban J connectivity index is 1.75. The highest BCUT2D eigenvalue weighted by molar-refractivity contribution is 5.56. The molecule has 128 valence electrons. The molecule has 24 heavy (non-hydrogen) atoms. The Morgan fingerprint density at radius 2 is 2.04 bits per heavy atom. The van der Waals surface area contributed by atoms with E-state index >= 15 is 0 Å². The second kappa shape index (κ2) is 7.16. The van der Waals surface area contributed by atoms with Crippen LogP contribution in [0, 0.1) is 0 Å². The van der Waals surface area contributed by atoms with Gasteiger partial charge in [-0.3, -0.25) is 0 Å². The second-order valence-electron chi connectivity index (χ2n) is 6.54. The maximum Gasteiger partial charge on any atom is 0.181 e. The van der Waals surface area contributed by atoms with Crippen molar-refractivity contribution < 1.29 is 9.13 Å². The van der Waals surface area contributed by atoms with Gasteiger partial charge in [0, 0.05) is 17.5 Å². The summed E-state index contributed by atoms with van der Waals surface area (Å²) in [5.74, 6) is 3.14. The van der Waals surface area contributed by atoms with Crippen molar-refractivity contribution in [3.63, 3.8) is 0 Å². The van der Waals surface area contributed by atoms with Crippen molar-refractivity contribution in [3.05, 3.63) is 42.0 Å². The SMILES string of the molecule is CC/C(=C\F)COc1ccc(-c2nc(C3CC3)n(C(C)C)n2)cc1. The molecule has 0 radical (unpaired) electrons. The van der Waals surface area contributed by atoms with E-state index in [1.807, 2.05) is 35.9 Å². The molecule has 0 N–H and O–H groups in total. The van der Waals surface area contributed by atoms with Crippen LogP contribution in [0.25, 0.3) is 11.4 Å². The summed E-state index contributed by atoms with van der Waals surface area (Å²) >= 11 is 0. The van der Waals surface area contributed by atoms with E-state index in [4.69, 9.17) is 9.72 Å². The van der Waals surface area contributed by atoms with Gasteiger partial charge in [0.25, 0.3) is 0 Å². The van der Waals surface area contributed by atoms with E-state index in [2.05, 4.69) is 18.9 Å². The highest BCUT2D eigenvalue weighted by Gasteiger charge is 2.30. The van der Waals surface area contributed by atoms with E-state index in [0.717, 1.165) is 23.0 Å². The predicted molar refractivity (Wildman–Crippen MR) is 92.8 cm³/mol. The van der Waals surface area contributed by atoms with Gasteiger partial charge in [-0.15, -0.1) is 0 Å². The highest BCUT2D eigenvalue weighted by Crippen LogP contribution is 2.40. The number of aromatic nitrogens is 3. The van der Waals surface area contributed by atoms with Crippen LogP contribution in [0.3, 0.4) is 0 Å². The summed E-state index contributed by atoms with van der Waals surface area (Å²) in [4.78, 5) is 4.75. The van der Waals surface area contributed by atoms with E-state index in [1.54, 1.807) is 0 Å².